The molecule has 2 rings (SSSR count). The second kappa shape index (κ2) is 10.3. The van der Waals surface area contributed by atoms with Gasteiger partial charge in [0, 0.05) is 6.42 Å². The van der Waals surface area contributed by atoms with Crippen molar-refractivity contribution in [2.45, 2.75) is 19.8 Å². The van der Waals surface area contributed by atoms with Crippen LogP contribution in [0.4, 0.5) is 5.13 Å². The molecule has 1 aromatic carbocycles. The lowest BCUT2D eigenvalue weighted by Gasteiger charge is -2.09. The minimum absolute atomic E-state index is 0.137. The highest BCUT2D eigenvalue weighted by Crippen LogP contribution is 2.14. The third-order valence-electron chi connectivity index (χ3n) is 3.13. The zero-order chi connectivity index (χ0) is 20.5. The number of hydrogen-bond acceptors (Lipinski definition) is 8. The fourth-order valence-electron chi connectivity index (χ4n) is 1.84. The SMILES string of the molecule is Cc1nnc(NC(=O)CCC(=O)OCC(=O)NNC(=O)c2ccccc2Cl)s1. The van der Waals surface area contributed by atoms with Crippen molar-refractivity contribution >= 4 is 51.8 Å². The first-order chi connectivity index (χ1) is 13.3. The average Bonchev–Trinajstić information content (AvgIpc) is 3.07. The first kappa shape index (κ1) is 21.3. The summed E-state index contributed by atoms with van der Waals surface area (Å²) >= 11 is 7.07. The van der Waals surface area contributed by atoms with Gasteiger partial charge in [0.15, 0.2) is 6.61 Å². The maximum absolute atomic E-state index is 11.9. The van der Waals surface area contributed by atoms with Crippen molar-refractivity contribution < 1.29 is 23.9 Å². The second-order valence-electron chi connectivity index (χ2n) is 5.32. The van der Waals surface area contributed by atoms with Crippen molar-refractivity contribution in [1.29, 1.82) is 0 Å². The lowest BCUT2D eigenvalue weighted by atomic mass is 10.2. The molecule has 0 spiro atoms. The summed E-state index contributed by atoms with van der Waals surface area (Å²) in [5.41, 5.74) is 4.43. The minimum Gasteiger partial charge on any atom is -0.455 e. The molecule has 0 aliphatic rings. The van der Waals surface area contributed by atoms with E-state index in [1.165, 1.54) is 23.5 Å². The van der Waals surface area contributed by atoms with Crippen LogP contribution in [0.5, 0.6) is 0 Å². The van der Waals surface area contributed by atoms with Gasteiger partial charge in [0.25, 0.3) is 11.8 Å². The molecule has 12 heteroatoms. The molecule has 10 nitrogen and oxygen atoms in total. The summed E-state index contributed by atoms with van der Waals surface area (Å²) in [4.78, 5) is 46.8. The van der Waals surface area contributed by atoms with Gasteiger partial charge >= 0.3 is 5.97 Å². The summed E-state index contributed by atoms with van der Waals surface area (Å²) in [6.07, 6.45) is -0.356. The highest BCUT2D eigenvalue weighted by Gasteiger charge is 2.13. The third-order valence-corrected chi connectivity index (χ3v) is 4.21. The van der Waals surface area contributed by atoms with Gasteiger partial charge in [0.05, 0.1) is 17.0 Å². The monoisotopic (exact) mass is 425 g/mol. The summed E-state index contributed by atoms with van der Waals surface area (Å²) in [6.45, 7) is 1.13. The molecule has 0 aliphatic carbocycles. The largest absolute Gasteiger partial charge is 0.455 e. The highest BCUT2D eigenvalue weighted by atomic mass is 35.5. The molecule has 0 radical (unpaired) electrons. The van der Waals surface area contributed by atoms with Gasteiger partial charge in [-0.3, -0.25) is 30.0 Å². The second-order valence-corrected chi connectivity index (χ2v) is 6.91. The van der Waals surface area contributed by atoms with Crippen LogP contribution in [0.15, 0.2) is 24.3 Å². The number of nitrogens with zero attached hydrogens (tertiary/aromatic N) is 2. The van der Waals surface area contributed by atoms with E-state index in [1.807, 2.05) is 0 Å². The number of halogens is 1. The maximum atomic E-state index is 11.9. The van der Waals surface area contributed by atoms with Crippen LogP contribution in [0.2, 0.25) is 5.02 Å². The molecule has 0 unspecified atom stereocenters. The first-order valence-corrected chi connectivity index (χ1v) is 9.14. The Kier molecular flexibility index (Phi) is 7.84. The standard InChI is InChI=1S/C16H16ClN5O5S/c1-9-19-22-16(28-9)18-12(23)6-7-14(25)27-8-13(24)20-21-15(26)10-4-2-3-5-11(10)17/h2-5H,6-8H2,1H3,(H,20,24)(H,21,26)(H,18,22,23). The number of hydrogen-bond donors (Lipinski definition) is 3. The average molecular weight is 426 g/mol. The van der Waals surface area contributed by atoms with Gasteiger partial charge in [0.2, 0.25) is 11.0 Å². The van der Waals surface area contributed by atoms with E-state index in [9.17, 15) is 19.2 Å². The quantitative estimate of drug-likeness (QED) is 0.447. The molecule has 0 fully saturated rings. The van der Waals surface area contributed by atoms with E-state index in [4.69, 9.17) is 16.3 Å². The van der Waals surface area contributed by atoms with Crippen LogP contribution >= 0.6 is 22.9 Å². The van der Waals surface area contributed by atoms with Crippen LogP contribution in [0.1, 0.15) is 28.2 Å². The Hall–Kier alpha value is -3.05. The van der Waals surface area contributed by atoms with E-state index in [-0.39, 0.29) is 23.4 Å². The number of hydrazine groups is 1. The van der Waals surface area contributed by atoms with Crippen molar-refractivity contribution in [1.82, 2.24) is 21.0 Å². The van der Waals surface area contributed by atoms with Gasteiger partial charge < -0.3 is 10.1 Å². The van der Waals surface area contributed by atoms with E-state index in [0.29, 0.717) is 10.1 Å². The minimum atomic E-state index is -0.748. The Morgan fingerprint density at radius 3 is 2.50 bits per heavy atom. The van der Waals surface area contributed by atoms with E-state index >= 15 is 0 Å². The van der Waals surface area contributed by atoms with E-state index in [0.717, 1.165) is 0 Å². The number of nitrogens with one attached hydrogen (secondary N) is 3. The Labute approximate surface area is 168 Å². The number of benzene rings is 1. The van der Waals surface area contributed by atoms with Crippen molar-refractivity contribution in [2.75, 3.05) is 11.9 Å². The molecular weight excluding hydrogens is 410 g/mol. The molecule has 0 aliphatic heterocycles. The van der Waals surface area contributed by atoms with Crippen LogP contribution in [-0.4, -0.2) is 40.5 Å². The Morgan fingerprint density at radius 1 is 1.07 bits per heavy atom. The summed E-state index contributed by atoms with van der Waals surface area (Å²) in [6, 6.07) is 6.29. The molecule has 0 bridgehead atoms. The molecule has 0 saturated heterocycles. The summed E-state index contributed by atoms with van der Waals surface area (Å²) in [5.74, 6) is -2.53. The number of ether oxygens (including phenoxy) is 1. The van der Waals surface area contributed by atoms with Crippen LogP contribution < -0.4 is 16.2 Å². The molecule has 0 saturated carbocycles. The van der Waals surface area contributed by atoms with Crippen LogP contribution in [0.25, 0.3) is 0 Å². The summed E-state index contributed by atoms with van der Waals surface area (Å²) < 4.78 is 4.74. The van der Waals surface area contributed by atoms with Gasteiger partial charge in [-0.1, -0.05) is 35.1 Å². The Morgan fingerprint density at radius 2 is 1.82 bits per heavy atom. The maximum Gasteiger partial charge on any atom is 0.306 e. The highest BCUT2D eigenvalue weighted by molar-refractivity contribution is 7.15. The molecule has 2 aromatic rings. The van der Waals surface area contributed by atoms with Crippen molar-refractivity contribution in [3.05, 3.63) is 39.9 Å². The summed E-state index contributed by atoms with van der Waals surface area (Å²) in [7, 11) is 0. The summed E-state index contributed by atoms with van der Waals surface area (Å²) in [5, 5.41) is 11.2. The number of anilines is 1. The van der Waals surface area contributed by atoms with Gasteiger partial charge in [-0.2, -0.15) is 0 Å². The molecule has 0 atom stereocenters. The van der Waals surface area contributed by atoms with E-state index < -0.39 is 30.3 Å². The van der Waals surface area contributed by atoms with Crippen molar-refractivity contribution in [2.24, 2.45) is 0 Å². The van der Waals surface area contributed by atoms with Crippen molar-refractivity contribution in [3.8, 4) is 0 Å². The van der Waals surface area contributed by atoms with Gasteiger partial charge in [-0.05, 0) is 19.1 Å². The van der Waals surface area contributed by atoms with E-state index in [2.05, 4.69) is 26.4 Å². The number of aromatic nitrogens is 2. The molecular formula is C16H16ClN5O5S. The lowest BCUT2D eigenvalue weighted by Crippen LogP contribution is -2.43. The number of carbonyl (C=O) groups is 4. The Bertz CT molecular complexity index is 888. The van der Waals surface area contributed by atoms with Crippen LogP contribution in [0.3, 0.4) is 0 Å². The molecule has 3 amide bonds. The predicted octanol–water partition coefficient (Wildman–Crippen LogP) is 1.22. The molecule has 28 heavy (non-hydrogen) atoms. The predicted molar refractivity (Wildman–Crippen MR) is 101 cm³/mol. The molecule has 1 aromatic heterocycles. The van der Waals surface area contributed by atoms with Crippen LogP contribution in [-0.2, 0) is 19.1 Å². The number of aryl methyl sites for hydroxylation is 1. The van der Waals surface area contributed by atoms with Crippen LogP contribution in [0, 0.1) is 6.92 Å². The third kappa shape index (κ3) is 6.93. The molecule has 1 heterocycles. The topological polar surface area (TPSA) is 139 Å². The normalized spacial score (nSPS) is 10.1. The van der Waals surface area contributed by atoms with E-state index in [1.54, 1.807) is 19.1 Å². The fraction of sp³-hybridized carbons (Fsp3) is 0.250. The van der Waals surface area contributed by atoms with Gasteiger partial charge in [-0.15, -0.1) is 10.2 Å². The van der Waals surface area contributed by atoms with Gasteiger partial charge in [0.1, 0.15) is 5.01 Å². The Balaban J connectivity index is 1.64. The number of carbonyl (C=O) groups excluding carboxylic acids is 4. The number of esters is 1. The smallest absolute Gasteiger partial charge is 0.306 e. The molecule has 3 N–H and O–H groups in total. The lowest BCUT2D eigenvalue weighted by molar-refractivity contribution is -0.149. The van der Waals surface area contributed by atoms with Gasteiger partial charge in [-0.25, -0.2) is 0 Å². The fourth-order valence-corrected chi connectivity index (χ4v) is 2.67. The number of rotatable bonds is 7. The first-order valence-electron chi connectivity index (χ1n) is 7.94. The van der Waals surface area contributed by atoms with Crippen molar-refractivity contribution in [3.63, 3.8) is 0 Å². The number of amides is 3. The molecule has 148 valence electrons. The zero-order valence-electron chi connectivity index (χ0n) is 14.7. The zero-order valence-corrected chi connectivity index (χ0v) is 16.2.